The van der Waals surface area contributed by atoms with Crippen molar-refractivity contribution in [3.63, 3.8) is 0 Å². The van der Waals surface area contributed by atoms with Crippen LogP contribution in [0.1, 0.15) is 6.42 Å². The maximum Gasteiger partial charge on any atom is 0.245 e. The highest BCUT2D eigenvalue weighted by Crippen LogP contribution is 2.25. The third kappa shape index (κ3) is 3.64. The lowest BCUT2D eigenvalue weighted by molar-refractivity contribution is -0.125. The molecule has 0 unspecified atom stereocenters. The molecular formula is C21H19ClN4O2. The predicted octanol–water partition coefficient (Wildman–Crippen LogP) is 3.86. The zero-order chi connectivity index (χ0) is 19.7. The standard InChI is InChI=1S/C21H19ClN4O2/c1-2-19(27)26-10-9-14(12-26)21(28)23-16-6-3-13(4-7-16)20-24-17-8-5-15(22)11-18(17)25-20/h2-8,11,14H,1,9-10,12H2,(H,23,28)(H,24,25)/t14-/m0/s1. The van der Waals surface area contributed by atoms with Gasteiger partial charge in [-0.15, -0.1) is 0 Å². The van der Waals surface area contributed by atoms with Crippen molar-refractivity contribution in [3.05, 3.63) is 60.1 Å². The summed E-state index contributed by atoms with van der Waals surface area (Å²) in [5.41, 5.74) is 3.34. The van der Waals surface area contributed by atoms with E-state index in [4.69, 9.17) is 11.6 Å². The smallest absolute Gasteiger partial charge is 0.245 e. The zero-order valence-electron chi connectivity index (χ0n) is 15.1. The number of benzene rings is 2. The Hall–Kier alpha value is -3.12. The number of carbonyl (C=O) groups is 2. The van der Waals surface area contributed by atoms with E-state index >= 15 is 0 Å². The number of likely N-dealkylation sites (tertiary alicyclic amines) is 1. The molecule has 4 rings (SSSR count). The molecule has 1 aromatic heterocycles. The number of aromatic amines is 1. The maximum atomic E-state index is 12.5. The fourth-order valence-electron chi connectivity index (χ4n) is 3.38. The molecule has 1 atom stereocenters. The summed E-state index contributed by atoms with van der Waals surface area (Å²) in [6.07, 6.45) is 1.94. The molecule has 1 fully saturated rings. The molecule has 7 heteroatoms. The van der Waals surface area contributed by atoms with E-state index in [1.54, 1.807) is 11.0 Å². The normalized spacial score (nSPS) is 16.3. The van der Waals surface area contributed by atoms with E-state index in [2.05, 4.69) is 21.9 Å². The quantitative estimate of drug-likeness (QED) is 0.659. The summed E-state index contributed by atoms with van der Waals surface area (Å²) in [7, 11) is 0. The summed E-state index contributed by atoms with van der Waals surface area (Å²) >= 11 is 6.02. The lowest BCUT2D eigenvalue weighted by Crippen LogP contribution is -2.30. The van der Waals surface area contributed by atoms with Crippen LogP contribution >= 0.6 is 11.6 Å². The van der Waals surface area contributed by atoms with Crippen LogP contribution in [0.25, 0.3) is 22.4 Å². The van der Waals surface area contributed by atoms with Crippen molar-refractivity contribution in [1.29, 1.82) is 0 Å². The number of nitrogens with one attached hydrogen (secondary N) is 2. The van der Waals surface area contributed by atoms with Crippen molar-refractivity contribution in [3.8, 4) is 11.4 Å². The van der Waals surface area contributed by atoms with Gasteiger partial charge in [0.1, 0.15) is 5.82 Å². The molecule has 1 aliphatic rings. The van der Waals surface area contributed by atoms with Gasteiger partial charge in [0.2, 0.25) is 11.8 Å². The van der Waals surface area contributed by atoms with Gasteiger partial charge in [0.05, 0.1) is 17.0 Å². The Morgan fingerprint density at radius 2 is 2.04 bits per heavy atom. The van der Waals surface area contributed by atoms with E-state index in [9.17, 15) is 9.59 Å². The van der Waals surface area contributed by atoms with Crippen LogP contribution < -0.4 is 5.32 Å². The average Bonchev–Trinajstić information content (AvgIpc) is 3.35. The molecule has 0 bridgehead atoms. The lowest BCUT2D eigenvalue weighted by atomic mass is 10.1. The van der Waals surface area contributed by atoms with Crippen LogP contribution in [0.4, 0.5) is 5.69 Å². The second-order valence-electron chi connectivity index (χ2n) is 6.79. The van der Waals surface area contributed by atoms with Crippen LogP contribution in [0.2, 0.25) is 5.02 Å². The number of H-pyrrole nitrogens is 1. The van der Waals surface area contributed by atoms with Crippen LogP contribution in [0.3, 0.4) is 0 Å². The molecule has 1 aliphatic heterocycles. The number of imidazole rings is 1. The molecule has 3 aromatic rings. The van der Waals surface area contributed by atoms with E-state index in [1.807, 2.05) is 36.4 Å². The molecule has 2 amide bonds. The number of fused-ring (bicyclic) bond motifs is 1. The van der Waals surface area contributed by atoms with Gasteiger partial charge in [0.15, 0.2) is 0 Å². The van der Waals surface area contributed by atoms with Gasteiger partial charge in [-0.1, -0.05) is 18.2 Å². The van der Waals surface area contributed by atoms with E-state index in [-0.39, 0.29) is 17.7 Å². The van der Waals surface area contributed by atoms with E-state index in [0.717, 1.165) is 22.4 Å². The molecule has 2 N–H and O–H groups in total. The number of amides is 2. The molecule has 0 spiro atoms. The van der Waals surface area contributed by atoms with Crippen molar-refractivity contribution >= 4 is 40.1 Å². The summed E-state index contributed by atoms with van der Waals surface area (Å²) < 4.78 is 0. The summed E-state index contributed by atoms with van der Waals surface area (Å²) in [5, 5.41) is 3.58. The summed E-state index contributed by atoms with van der Waals surface area (Å²) in [4.78, 5) is 33.6. The Morgan fingerprint density at radius 1 is 1.25 bits per heavy atom. The van der Waals surface area contributed by atoms with Crippen molar-refractivity contribution in [2.75, 3.05) is 18.4 Å². The highest BCUT2D eigenvalue weighted by Gasteiger charge is 2.30. The third-order valence-electron chi connectivity index (χ3n) is 4.92. The first-order valence-electron chi connectivity index (χ1n) is 9.01. The molecule has 28 heavy (non-hydrogen) atoms. The van der Waals surface area contributed by atoms with Gasteiger partial charge >= 0.3 is 0 Å². The van der Waals surface area contributed by atoms with Crippen LogP contribution in [-0.4, -0.2) is 39.8 Å². The minimum atomic E-state index is -0.205. The number of rotatable bonds is 4. The fourth-order valence-corrected chi connectivity index (χ4v) is 3.55. The second kappa shape index (κ2) is 7.48. The number of halogens is 1. The average molecular weight is 395 g/mol. The largest absolute Gasteiger partial charge is 0.338 e. The molecule has 0 saturated carbocycles. The van der Waals surface area contributed by atoms with Crippen molar-refractivity contribution in [2.24, 2.45) is 5.92 Å². The Bertz CT molecular complexity index is 1060. The van der Waals surface area contributed by atoms with Crippen LogP contribution in [0.15, 0.2) is 55.1 Å². The Kier molecular flexibility index (Phi) is 4.88. The molecule has 6 nitrogen and oxygen atoms in total. The van der Waals surface area contributed by atoms with Crippen LogP contribution in [-0.2, 0) is 9.59 Å². The second-order valence-corrected chi connectivity index (χ2v) is 7.22. The predicted molar refractivity (Wildman–Crippen MR) is 110 cm³/mol. The highest BCUT2D eigenvalue weighted by molar-refractivity contribution is 6.31. The number of aromatic nitrogens is 2. The molecular weight excluding hydrogens is 376 g/mol. The van der Waals surface area contributed by atoms with Gasteiger partial charge in [0, 0.05) is 29.4 Å². The highest BCUT2D eigenvalue weighted by atomic mass is 35.5. The number of carbonyl (C=O) groups excluding carboxylic acids is 2. The van der Waals surface area contributed by atoms with Gasteiger partial charge < -0.3 is 15.2 Å². The van der Waals surface area contributed by atoms with Gasteiger partial charge in [0.25, 0.3) is 0 Å². The van der Waals surface area contributed by atoms with Crippen LogP contribution in [0.5, 0.6) is 0 Å². The third-order valence-corrected chi connectivity index (χ3v) is 5.15. The summed E-state index contributed by atoms with van der Waals surface area (Å²) in [5.74, 6) is 0.325. The molecule has 0 radical (unpaired) electrons. The number of anilines is 1. The monoisotopic (exact) mass is 394 g/mol. The number of hydrogen-bond donors (Lipinski definition) is 2. The summed E-state index contributed by atoms with van der Waals surface area (Å²) in [6, 6.07) is 13.0. The summed E-state index contributed by atoms with van der Waals surface area (Å²) in [6.45, 7) is 4.50. The Morgan fingerprint density at radius 3 is 2.79 bits per heavy atom. The Balaban J connectivity index is 1.43. The maximum absolute atomic E-state index is 12.5. The number of nitrogens with zero attached hydrogens (tertiary/aromatic N) is 2. The van der Waals surface area contributed by atoms with Crippen LogP contribution in [0, 0.1) is 5.92 Å². The van der Waals surface area contributed by atoms with Crippen molar-refractivity contribution < 1.29 is 9.59 Å². The SMILES string of the molecule is C=CC(=O)N1CC[C@H](C(=O)Nc2ccc(-c3nc4ccc(Cl)cc4[nH]3)cc2)C1. The molecule has 2 heterocycles. The first-order chi connectivity index (χ1) is 13.5. The first-order valence-corrected chi connectivity index (χ1v) is 9.39. The van der Waals surface area contributed by atoms with Gasteiger partial charge in [-0.25, -0.2) is 4.98 Å². The van der Waals surface area contributed by atoms with Gasteiger partial charge in [-0.2, -0.15) is 0 Å². The van der Waals surface area contributed by atoms with Gasteiger partial charge in [-0.05, 0) is 55.0 Å². The van der Waals surface area contributed by atoms with Crippen molar-refractivity contribution in [2.45, 2.75) is 6.42 Å². The topological polar surface area (TPSA) is 78.1 Å². The molecule has 142 valence electrons. The van der Waals surface area contributed by atoms with E-state index < -0.39 is 0 Å². The lowest BCUT2D eigenvalue weighted by Gasteiger charge is -2.14. The Labute approximate surface area is 167 Å². The zero-order valence-corrected chi connectivity index (χ0v) is 15.9. The van der Waals surface area contributed by atoms with E-state index in [0.29, 0.717) is 30.2 Å². The van der Waals surface area contributed by atoms with Gasteiger partial charge in [-0.3, -0.25) is 9.59 Å². The number of hydrogen-bond acceptors (Lipinski definition) is 3. The van der Waals surface area contributed by atoms with E-state index in [1.165, 1.54) is 6.08 Å². The first kappa shape index (κ1) is 18.3. The molecule has 1 saturated heterocycles. The minimum absolute atomic E-state index is 0.0782. The molecule has 2 aromatic carbocycles. The van der Waals surface area contributed by atoms with Crippen molar-refractivity contribution in [1.82, 2.24) is 14.9 Å². The molecule has 0 aliphatic carbocycles. The fraction of sp³-hybridized carbons (Fsp3) is 0.190. The minimum Gasteiger partial charge on any atom is -0.338 e.